The molecular weight excluding hydrogens is 481 g/mol. The summed E-state index contributed by atoms with van der Waals surface area (Å²) in [6, 6.07) is 18.8. The average Bonchev–Trinajstić information content (AvgIpc) is 2.80. The Morgan fingerprint density at radius 2 is 1.52 bits per heavy atom. The molecular formula is C24H23Cl2N3O3S. The van der Waals surface area contributed by atoms with Crippen molar-refractivity contribution in [3.8, 4) is 0 Å². The Hall–Kier alpha value is -2.58. The Morgan fingerprint density at radius 1 is 0.879 bits per heavy atom. The molecule has 1 fully saturated rings. The fourth-order valence-corrected chi connectivity index (χ4v) is 5.59. The number of piperazine rings is 1. The lowest BCUT2D eigenvalue weighted by molar-refractivity contribution is 0.102. The van der Waals surface area contributed by atoms with Crippen LogP contribution in [0.3, 0.4) is 0 Å². The number of para-hydroxylation sites is 1. The topological polar surface area (TPSA) is 69.7 Å². The summed E-state index contributed by atoms with van der Waals surface area (Å²) in [6.07, 6.45) is 0. The van der Waals surface area contributed by atoms with Gasteiger partial charge in [-0.1, -0.05) is 47.0 Å². The quantitative estimate of drug-likeness (QED) is 0.527. The molecule has 0 aliphatic carbocycles. The van der Waals surface area contributed by atoms with E-state index in [-0.39, 0.29) is 10.8 Å². The number of carbonyl (C=O) groups is 1. The van der Waals surface area contributed by atoms with Crippen LogP contribution in [0.2, 0.25) is 10.0 Å². The van der Waals surface area contributed by atoms with Crippen molar-refractivity contribution in [2.45, 2.75) is 11.8 Å². The maximum atomic E-state index is 13.0. The van der Waals surface area contributed by atoms with Crippen molar-refractivity contribution in [2.75, 3.05) is 36.4 Å². The van der Waals surface area contributed by atoms with Crippen LogP contribution in [0, 0.1) is 6.92 Å². The number of anilines is 2. The lowest BCUT2D eigenvalue weighted by atomic mass is 10.2. The van der Waals surface area contributed by atoms with E-state index in [1.54, 1.807) is 66.7 Å². The number of hydrogen-bond donors (Lipinski definition) is 1. The van der Waals surface area contributed by atoms with Gasteiger partial charge in [-0.3, -0.25) is 4.79 Å². The van der Waals surface area contributed by atoms with E-state index in [1.807, 2.05) is 11.8 Å². The van der Waals surface area contributed by atoms with Crippen LogP contribution in [-0.2, 0) is 10.0 Å². The van der Waals surface area contributed by atoms with Crippen molar-refractivity contribution in [1.29, 1.82) is 0 Å². The van der Waals surface area contributed by atoms with Gasteiger partial charge in [-0.2, -0.15) is 4.31 Å². The van der Waals surface area contributed by atoms with Gasteiger partial charge in [0.2, 0.25) is 10.0 Å². The van der Waals surface area contributed by atoms with Crippen molar-refractivity contribution < 1.29 is 13.2 Å². The summed E-state index contributed by atoms with van der Waals surface area (Å²) in [7, 11) is -3.57. The maximum Gasteiger partial charge on any atom is 0.255 e. The fraction of sp³-hybridized carbons (Fsp3) is 0.208. The molecule has 1 amide bonds. The molecule has 9 heteroatoms. The summed E-state index contributed by atoms with van der Waals surface area (Å²) in [5, 5.41) is 3.95. The second-order valence-electron chi connectivity index (χ2n) is 7.80. The Bertz CT molecular complexity index is 1260. The SMILES string of the molecule is Cc1ccc(S(=O)(=O)N2CCN(c3c(Cl)cccc3NC(=O)c3ccc(Cl)cc3)CC2)cc1. The monoisotopic (exact) mass is 503 g/mol. The predicted octanol–water partition coefficient (Wildman–Crippen LogP) is 5.07. The lowest BCUT2D eigenvalue weighted by Gasteiger charge is -2.36. The molecule has 1 heterocycles. The van der Waals surface area contributed by atoms with Gasteiger partial charge in [0, 0.05) is 36.8 Å². The molecule has 0 unspecified atom stereocenters. The minimum atomic E-state index is -3.57. The molecule has 33 heavy (non-hydrogen) atoms. The first-order valence-corrected chi connectivity index (χ1v) is 12.6. The van der Waals surface area contributed by atoms with E-state index in [2.05, 4.69) is 5.32 Å². The molecule has 172 valence electrons. The van der Waals surface area contributed by atoms with Gasteiger partial charge in [0.1, 0.15) is 0 Å². The zero-order valence-corrected chi connectivity index (χ0v) is 20.3. The van der Waals surface area contributed by atoms with Crippen LogP contribution in [0.25, 0.3) is 0 Å². The number of amides is 1. The van der Waals surface area contributed by atoms with E-state index in [1.165, 1.54) is 4.31 Å². The van der Waals surface area contributed by atoms with Crippen LogP contribution in [0.5, 0.6) is 0 Å². The molecule has 4 rings (SSSR count). The van der Waals surface area contributed by atoms with E-state index < -0.39 is 10.0 Å². The van der Waals surface area contributed by atoms with Gasteiger partial charge in [0.25, 0.3) is 5.91 Å². The molecule has 1 aliphatic rings. The number of hydrogen-bond acceptors (Lipinski definition) is 4. The van der Waals surface area contributed by atoms with Crippen LogP contribution >= 0.6 is 23.2 Å². The molecule has 1 N–H and O–H groups in total. The summed E-state index contributed by atoms with van der Waals surface area (Å²) in [6.45, 7) is 3.43. The Labute approximate surface area is 203 Å². The number of sulfonamides is 1. The Morgan fingerprint density at radius 3 is 2.15 bits per heavy atom. The van der Waals surface area contributed by atoms with Crippen molar-refractivity contribution in [3.63, 3.8) is 0 Å². The smallest absolute Gasteiger partial charge is 0.255 e. The van der Waals surface area contributed by atoms with Crippen molar-refractivity contribution >= 4 is 50.5 Å². The first-order valence-electron chi connectivity index (χ1n) is 10.4. The zero-order valence-electron chi connectivity index (χ0n) is 18.0. The van der Waals surface area contributed by atoms with Gasteiger partial charge in [-0.05, 0) is 55.5 Å². The van der Waals surface area contributed by atoms with Gasteiger partial charge in [-0.25, -0.2) is 8.42 Å². The second kappa shape index (κ2) is 9.73. The number of benzene rings is 3. The summed E-state index contributed by atoms with van der Waals surface area (Å²) in [4.78, 5) is 15.0. The van der Waals surface area contributed by atoms with E-state index in [4.69, 9.17) is 23.2 Å². The van der Waals surface area contributed by atoms with Gasteiger partial charge in [0.05, 0.1) is 21.3 Å². The number of halogens is 2. The molecule has 0 atom stereocenters. The molecule has 0 spiro atoms. The summed E-state index contributed by atoms with van der Waals surface area (Å²) in [5.41, 5.74) is 2.72. The summed E-state index contributed by atoms with van der Waals surface area (Å²) in [5.74, 6) is -0.282. The highest BCUT2D eigenvalue weighted by Gasteiger charge is 2.30. The molecule has 0 bridgehead atoms. The fourth-order valence-electron chi connectivity index (χ4n) is 3.74. The molecule has 0 aromatic heterocycles. The summed E-state index contributed by atoms with van der Waals surface area (Å²) < 4.78 is 27.5. The van der Waals surface area contributed by atoms with Gasteiger partial charge < -0.3 is 10.2 Å². The van der Waals surface area contributed by atoms with Crippen molar-refractivity contribution in [2.24, 2.45) is 0 Å². The molecule has 6 nitrogen and oxygen atoms in total. The third-order valence-electron chi connectivity index (χ3n) is 5.56. The molecule has 3 aromatic rings. The predicted molar refractivity (Wildman–Crippen MR) is 133 cm³/mol. The minimum Gasteiger partial charge on any atom is -0.366 e. The van der Waals surface area contributed by atoms with Crippen LogP contribution in [-0.4, -0.2) is 44.8 Å². The van der Waals surface area contributed by atoms with Crippen LogP contribution in [0.1, 0.15) is 15.9 Å². The molecule has 0 radical (unpaired) electrons. The third kappa shape index (κ3) is 5.17. The van der Waals surface area contributed by atoms with Gasteiger partial charge >= 0.3 is 0 Å². The largest absolute Gasteiger partial charge is 0.366 e. The summed E-state index contributed by atoms with van der Waals surface area (Å²) >= 11 is 12.4. The number of nitrogens with one attached hydrogen (secondary N) is 1. The molecule has 1 saturated heterocycles. The van der Waals surface area contributed by atoms with E-state index >= 15 is 0 Å². The lowest BCUT2D eigenvalue weighted by Crippen LogP contribution is -2.49. The van der Waals surface area contributed by atoms with Gasteiger partial charge in [-0.15, -0.1) is 0 Å². The molecule has 0 saturated carbocycles. The number of carbonyl (C=O) groups excluding carboxylic acids is 1. The first-order chi connectivity index (χ1) is 15.8. The van der Waals surface area contributed by atoms with Crippen LogP contribution < -0.4 is 10.2 Å². The molecule has 1 aliphatic heterocycles. The van der Waals surface area contributed by atoms with Crippen molar-refractivity contribution in [1.82, 2.24) is 4.31 Å². The molecule has 3 aromatic carbocycles. The highest BCUT2D eigenvalue weighted by atomic mass is 35.5. The minimum absolute atomic E-state index is 0.282. The number of aryl methyl sites for hydroxylation is 1. The standard InChI is InChI=1S/C24H23Cl2N3O3S/c1-17-5-11-20(12-6-17)33(31,32)29-15-13-28(14-16-29)23-21(26)3-2-4-22(23)27-24(30)18-7-9-19(25)10-8-18/h2-12H,13-16H2,1H3,(H,27,30). The van der Waals surface area contributed by atoms with Crippen LogP contribution in [0.4, 0.5) is 11.4 Å². The van der Waals surface area contributed by atoms with E-state index in [9.17, 15) is 13.2 Å². The Balaban J connectivity index is 1.51. The normalized spacial score (nSPS) is 14.8. The van der Waals surface area contributed by atoms with E-state index in [0.717, 1.165) is 5.56 Å². The first kappa shape index (κ1) is 23.6. The van der Waals surface area contributed by atoms with Crippen LogP contribution in [0.15, 0.2) is 71.6 Å². The average molecular weight is 504 g/mol. The number of nitrogens with zero attached hydrogens (tertiary/aromatic N) is 2. The van der Waals surface area contributed by atoms with E-state index in [0.29, 0.717) is 53.2 Å². The highest BCUT2D eigenvalue weighted by Crippen LogP contribution is 2.35. The highest BCUT2D eigenvalue weighted by molar-refractivity contribution is 7.89. The zero-order chi connectivity index (χ0) is 23.6. The maximum absolute atomic E-state index is 13.0. The van der Waals surface area contributed by atoms with Gasteiger partial charge in [0.15, 0.2) is 0 Å². The number of rotatable bonds is 5. The Kier molecular flexibility index (Phi) is 6.95. The second-order valence-corrected chi connectivity index (χ2v) is 10.6. The third-order valence-corrected chi connectivity index (χ3v) is 8.02. The van der Waals surface area contributed by atoms with Crippen molar-refractivity contribution in [3.05, 3.63) is 87.9 Å².